The molecule has 0 saturated carbocycles. The molecule has 15 heavy (non-hydrogen) atoms. The monoisotopic (exact) mass is 203 g/mol. The maximum absolute atomic E-state index is 11.1. The van der Waals surface area contributed by atoms with Crippen LogP contribution in [-0.4, -0.2) is 25.7 Å². The molecule has 0 bridgehead atoms. The molecular weight excluding hydrogens is 194 g/mol. The van der Waals surface area contributed by atoms with Crippen LogP contribution in [0.5, 0.6) is 0 Å². The van der Waals surface area contributed by atoms with Gasteiger partial charge in [0.2, 0.25) is 0 Å². The van der Waals surface area contributed by atoms with Crippen molar-refractivity contribution in [2.75, 3.05) is 0 Å². The van der Waals surface area contributed by atoms with Gasteiger partial charge < -0.3 is 5.73 Å². The van der Waals surface area contributed by atoms with Crippen molar-refractivity contribution >= 4 is 5.91 Å². The fourth-order valence-corrected chi connectivity index (χ4v) is 1.22. The minimum Gasteiger partial charge on any atom is -0.364 e. The van der Waals surface area contributed by atoms with E-state index in [0.29, 0.717) is 5.82 Å². The summed E-state index contributed by atoms with van der Waals surface area (Å²) in [6, 6.07) is 1.53. The Morgan fingerprint density at radius 1 is 1.47 bits per heavy atom. The van der Waals surface area contributed by atoms with E-state index in [0.717, 1.165) is 5.69 Å². The van der Waals surface area contributed by atoms with Gasteiger partial charge in [-0.1, -0.05) is 0 Å². The van der Waals surface area contributed by atoms with Crippen molar-refractivity contribution in [3.63, 3.8) is 0 Å². The molecular formula is C9H9N5O. The van der Waals surface area contributed by atoms with Crippen LogP contribution in [0.4, 0.5) is 0 Å². The summed E-state index contributed by atoms with van der Waals surface area (Å²) in [5.41, 5.74) is 6.22. The third-order valence-corrected chi connectivity index (χ3v) is 1.85. The van der Waals surface area contributed by atoms with Crippen molar-refractivity contribution in [1.29, 1.82) is 0 Å². The fraction of sp³-hybridized carbons (Fsp3) is 0.111. The molecule has 2 aromatic rings. The standard InChI is InChI=1S/C9H9N5O/c1-6-4-11-5-8(13-6)14-7(9(10)15)2-3-12-14/h2-5H,1H3,(H2,10,15). The van der Waals surface area contributed by atoms with E-state index in [4.69, 9.17) is 5.73 Å². The molecule has 0 aliphatic heterocycles. The number of amides is 1. The van der Waals surface area contributed by atoms with E-state index in [9.17, 15) is 4.79 Å². The van der Waals surface area contributed by atoms with E-state index in [1.54, 1.807) is 6.20 Å². The third kappa shape index (κ3) is 1.69. The van der Waals surface area contributed by atoms with Crippen LogP contribution >= 0.6 is 0 Å². The van der Waals surface area contributed by atoms with E-state index in [-0.39, 0.29) is 5.69 Å². The molecule has 0 radical (unpaired) electrons. The van der Waals surface area contributed by atoms with Gasteiger partial charge in [0.05, 0.1) is 18.1 Å². The van der Waals surface area contributed by atoms with Gasteiger partial charge in [-0.05, 0) is 13.0 Å². The number of carbonyl (C=O) groups is 1. The molecule has 2 rings (SSSR count). The first-order chi connectivity index (χ1) is 7.18. The quantitative estimate of drug-likeness (QED) is 0.748. The highest BCUT2D eigenvalue weighted by Gasteiger charge is 2.10. The van der Waals surface area contributed by atoms with Crippen molar-refractivity contribution in [3.05, 3.63) is 36.0 Å². The summed E-state index contributed by atoms with van der Waals surface area (Å²) in [6.07, 6.45) is 4.63. The van der Waals surface area contributed by atoms with Gasteiger partial charge >= 0.3 is 0 Å². The molecule has 0 aliphatic carbocycles. The number of rotatable bonds is 2. The maximum Gasteiger partial charge on any atom is 0.267 e. The molecule has 2 N–H and O–H groups in total. The van der Waals surface area contributed by atoms with Gasteiger partial charge in [0.1, 0.15) is 5.69 Å². The summed E-state index contributed by atoms with van der Waals surface area (Å²) in [4.78, 5) is 19.2. The summed E-state index contributed by atoms with van der Waals surface area (Å²) in [6.45, 7) is 1.81. The van der Waals surface area contributed by atoms with Crippen LogP contribution in [0.1, 0.15) is 16.2 Å². The zero-order chi connectivity index (χ0) is 10.8. The van der Waals surface area contributed by atoms with Crippen LogP contribution in [0, 0.1) is 6.92 Å². The van der Waals surface area contributed by atoms with E-state index < -0.39 is 5.91 Å². The summed E-state index contributed by atoms with van der Waals surface area (Å²) in [5.74, 6) is -0.0652. The summed E-state index contributed by atoms with van der Waals surface area (Å²) < 4.78 is 1.36. The van der Waals surface area contributed by atoms with Crippen molar-refractivity contribution in [2.45, 2.75) is 6.92 Å². The van der Waals surface area contributed by atoms with E-state index in [1.165, 1.54) is 23.1 Å². The lowest BCUT2D eigenvalue weighted by atomic mass is 10.4. The van der Waals surface area contributed by atoms with Gasteiger partial charge in [-0.2, -0.15) is 5.10 Å². The highest BCUT2D eigenvalue weighted by atomic mass is 16.1. The second-order valence-corrected chi connectivity index (χ2v) is 3.01. The van der Waals surface area contributed by atoms with Gasteiger partial charge in [0, 0.05) is 6.20 Å². The lowest BCUT2D eigenvalue weighted by molar-refractivity contribution is 0.0992. The molecule has 2 aromatic heterocycles. The topological polar surface area (TPSA) is 86.7 Å². The second kappa shape index (κ2) is 3.49. The number of aromatic nitrogens is 4. The van der Waals surface area contributed by atoms with Crippen molar-refractivity contribution < 1.29 is 4.79 Å². The number of nitrogens with two attached hydrogens (primary N) is 1. The fourth-order valence-electron chi connectivity index (χ4n) is 1.22. The Morgan fingerprint density at radius 2 is 2.27 bits per heavy atom. The Kier molecular flexibility index (Phi) is 2.17. The highest BCUT2D eigenvalue weighted by molar-refractivity contribution is 5.91. The lowest BCUT2D eigenvalue weighted by Gasteiger charge is -2.03. The molecule has 6 heteroatoms. The van der Waals surface area contributed by atoms with Crippen molar-refractivity contribution in [2.24, 2.45) is 5.73 Å². The summed E-state index contributed by atoms with van der Waals surface area (Å²) >= 11 is 0. The van der Waals surface area contributed by atoms with Crippen LogP contribution in [0.3, 0.4) is 0 Å². The first kappa shape index (κ1) is 9.32. The number of primary amides is 1. The van der Waals surface area contributed by atoms with E-state index in [1.807, 2.05) is 6.92 Å². The van der Waals surface area contributed by atoms with Crippen LogP contribution in [0.15, 0.2) is 24.7 Å². The van der Waals surface area contributed by atoms with Crippen LogP contribution in [-0.2, 0) is 0 Å². The summed E-state index contributed by atoms with van der Waals surface area (Å²) in [7, 11) is 0. The number of carbonyl (C=O) groups excluding carboxylic acids is 1. The smallest absolute Gasteiger partial charge is 0.267 e. The van der Waals surface area contributed by atoms with Gasteiger partial charge in [0.15, 0.2) is 5.82 Å². The second-order valence-electron chi connectivity index (χ2n) is 3.01. The Morgan fingerprint density at radius 3 is 2.93 bits per heavy atom. The van der Waals surface area contributed by atoms with Gasteiger partial charge in [-0.25, -0.2) is 9.67 Å². The molecule has 1 amide bonds. The predicted molar refractivity (Wildman–Crippen MR) is 52.4 cm³/mol. The zero-order valence-corrected chi connectivity index (χ0v) is 8.08. The number of hydrogen-bond donors (Lipinski definition) is 1. The van der Waals surface area contributed by atoms with Crippen LogP contribution in [0.25, 0.3) is 5.82 Å². The van der Waals surface area contributed by atoms with Crippen LogP contribution in [0.2, 0.25) is 0 Å². The minimum absolute atomic E-state index is 0.287. The normalized spacial score (nSPS) is 10.2. The molecule has 6 nitrogen and oxygen atoms in total. The first-order valence-electron chi connectivity index (χ1n) is 4.31. The SMILES string of the molecule is Cc1cncc(-n2nccc2C(N)=O)n1. The predicted octanol–water partition coefficient (Wildman–Crippen LogP) is 0.0696. The van der Waals surface area contributed by atoms with Crippen LogP contribution < -0.4 is 5.73 Å². The average Bonchev–Trinajstić information content (AvgIpc) is 2.65. The zero-order valence-electron chi connectivity index (χ0n) is 8.08. The Balaban J connectivity index is 2.54. The maximum atomic E-state index is 11.1. The highest BCUT2D eigenvalue weighted by Crippen LogP contribution is 2.06. The first-order valence-corrected chi connectivity index (χ1v) is 4.31. The number of nitrogens with zero attached hydrogens (tertiary/aromatic N) is 4. The largest absolute Gasteiger partial charge is 0.364 e. The molecule has 0 spiro atoms. The lowest BCUT2D eigenvalue weighted by Crippen LogP contribution is -2.17. The number of hydrogen-bond acceptors (Lipinski definition) is 4. The molecule has 0 unspecified atom stereocenters. The molecule has 0 fully saturated rings. The molecule has 0 saturated heterocycles. The van der Waals surface area contributed by atoms with Gasteiger partial charge in [-0.15, -0.1) is 0 Å². The average molecular weight is 203 g/mol. The van der Waals surface area contributed by atoms with Crippen molar-refractivity contribution in [1.82, 2.24) is 19.7 Å². The van der Waals surface area contributed by atoms with E-state index >= 15 is 0 Å². The van der Waals surface area contributed by atoms with E-state index in [2.05, 4.69) is 15.1 Å². The van der Waals surface area contributed by atoms with Gasteiger partial charge in [-0.3, -0.25) is 9.78 Å². The van der Waals surface area contributed by atoms with Gasteiger partial charge in [0.25, 0.3) is 5.91 Å². The summed E-state index contributed by atoms with van der Waals surface area (Å²) in [5, 5.41) is 3.96. The Labute approximate surface area is 85.8 Å². The Bertz CT molecular complexity index is 505. The third-order valence-electron chi connectivity index (χ3n) is 1.85. The Hall–Kier alpha value is -2.24. The molecule has 2 heterocycles. The number of aryl methyl sites for hydroxylation is 1. The molecule has 76 valence electrons. The molecule has 0 aliphatic rings. The molecule has 0 atom stereocenters. The minimum atomic E-state index is -0.546. The molecule has 0 aromatic carbocycles. The van der Waals surface area contributed by atoms with Crippen molar-refractivity contribution in [3.8, 4) is 5.82 Å².